The monoisotopic (exact) mass is 322 g/mol. The molecule has 3 heterocycles. The molecule has 1 amide bonds. The molecule has 6 heteroatoms. The van der Waals surface area contributed by atoms with E-state index in [1.54, 1.807) is 11.3 Å². The van der Waals surface area contributed by atoms with Crippen LogP contribution in [0.2, 0.25) is 0 Å². The SMILES string of the molecule is Cc1nc(CN2CCC(CNC(=O)[C@@H]3CCCN3)CC2)cs1. The number of aromatic nitrogens is 1. The van der Waals surface area contributed by atoms with Crippen molar-refractivity contribution in [3.63, 3.8) is 0 Å². The lowest BCUT2D eigenvalue weighted by atomic mass is 9.96. The van der Waals surface area contributed by atoms with E-state index < -0.39 is 0 Å². The summed E-state index contributed by atoms with van der Waals surface area (Å²) in [4.78, 5) is 19.0. The summed E-state index contributed by atoms with van der Waals surface area (Å²) in [6.45, 7) is 7.06. The highest BCUT2D eigenvalue weighted by Gasteiger charge is 2.24. The summed E-state index contributed by atoms with van der Waals surface area (Å²) < 4.78 is 0. The van der Waals surface area contributed by atoms with E-state index in [9.17, 15) is 4.79 Å². The van der Waals surface area contributed by atoms with Gasteiger partial charge >= 0.3 is 0 Å². The first-order valence-electron chi connectivity index (χ1n) is 8.35. The van der Waals surface area contributed by atoms with Crippen molar-refractivity contribution < 1.29 is 4.79 Å². The topological polar surface area (TPSA) is 57.3 Å². The van der Waals surface area contributed by atoms with Gasteiger partial charge < -0.3 is 10.6 Å². The van der Waals surface area contributed by atoms with Crippen LogP contribution in [0.5, 0.6) is 0 Å². The average molecular weight is 322 g/mol. The Morgan fingerprint density at radius 1 is 1.45 bits per heavy atom. The van der Waals surface area contributed by atoms with Gasteiger partial charge in [-0.2, -0.15) is 0 Å². The van der Waals surface area contributed by atoms with Gasteiger partial charge in [0, 0.05) is 18.5 Å². The standard InChI is InChI=1S/C16H26N4OS/c1-12-19-14(11-22-12)10-20-7-4-13(5-8-20)9-18-16(21)15-3-2-6-17-15/h11,13,15,17H,2-10H2,1H3,(H,18,21)/t15-/m0/s1. The summed E-state index contributed by atoms with van der Waals surface area (Å²) in [5.41, 5.74) is 1.20. The van der Waals surface area contributed by atoms with E-state index in [1.165, 1.54) is 18.5 Å². The number of nitrogens with zero attached hydrogens (tertiary/aromatic N) is 2. The first-order valence-corrected chi connectivity index (χ1v) is 9.23. The van der Waals surface area contributed by atoms with E-state index in [-0.39, 0.29) is 11.9 Å². The molecule has 0 bridgehead atoms. The predicted molar refractivity (Wildman–Crippen MR) is 88.9 cm³/mol. The zero-order valence-electron chi connectivity index (χ0n) is 13.3. The molecule has 2 saturated heterocycles. The van der Waals surface area contributed by atoms with Crippen molar-refractivity contribution in [3.05, 3.63) is 16.1 Å². The average Bonchev–Trinajstić information content (AvgIpc) is 3.18. The van der Waals surface area contributed by atoms with Gasteiger partial charge in [0.05, 0.1) is 16.7 Å². The molecule has 1 atom stereocenters. The highest BCUT2D eigenvalue weighted by atomic mass is 32.1. The molecule has 0 aromatic carbocycles. The zero-order valence-corrected chi connectivity index (χ0v) is 14.1. The molecular weight excluding hydrogens is 296 g/mol. The third-order valence-corrected chi connectivity index (χ3v) is 5.52. The fourth-order valence-electron chi connectivity index (χ4n) is 3.34. The van der Waals surface area contributed by atoms with Crippen LogP contribution in [0.1, 0.15) is 36.4 Å². The third kappa shape index (κ3) is 4.27. The normalized spacial score (nSPS) is 23.8. The van der Waals surface area contributed by atoms with Gasteiger partial charge in [-0.15, -0.1) is 11.3 Å². The lowest BCUT2D eigenvalue weighted by molar-refractivity contribution is -0.123. The van der Waals surface area contributed by atoms with Gasteiger partial charge in [0.25, 0.3) is 0 Å². The van der Waals surface area contributed by atoms with E-state index >= 15 is 0 Å². The number of hydrogen-bond donors (Lipinski definition) is 2. The van der Waals surface area contributed by atoms with Crippen LogP contribution in [0.15, 0.2) is 5.38 Å². The first-order chi connectivity index (χ1) is 10.7. The molecule has 2 aliphatic rings. The van der Waals surface area contributed by atoms with E-state index in [4.69, 9.17) is 0 Å². The second-order valence-electron chi connectivity index (χ2n) is 6.47. The molecule has 0 aliphatic carbocycles. The van der Waals surface area contributed by atoms with Crippen molar-refractivity contribution in [2.24, 2.45) is 5.92 Å². The number of piperidine rings is 1. The van der Waals surface area contributed by atoms with Gasteiger partial charge in [-0.05, 0) is 58.2 Å². The van der Waals surface area contributed by atoms with E-state index in [1.807, 2.05) is 0 Å². The van der Waals surface area contributed by atoms with Crippen molar-refractivity contribution in [1.82, 2.24) is 20.5 Å². The third-order valence-electron chi connectivity index (χ3n) is 4.70. The molecule has 5 nitrogen and oxygen atoms in total. The highest BCUT2D eigenvalue weighted by Crippen LogP contribution is 2.19. The fourth-order valence-corrected chi connectivity index (χ4v) is 3.94. The number of aryl methyl sites for hydroxylation is 1. The van der Waals surface area contributed by atoms with Gasteiger partial charge in [0.1, 0.15) is 0 Å². The maximum Gasteiger partial charge on any atom is 0.237 e. The number of hydrogen-bond acceptors (Lipinski definition) is 5. The largest absolute Gasteiger partial charge is 0.354 e. The second-order valence-corrected chi connectivity index (χ2v) is 7.53. The number of rotatable bonds is 5. The Morgan fingerprint density at radius 3 is 2.91 bits per heavy atom. The lowest BCUT2D eigenvalue weighted by Gasteiger charge is -2.31. The molecule has 0 unspecified atom stereocenters. The molecule has 1 aromatic heterocycles. The first kappa shape index (κ1) is 15.9. The minimum Gasteiger partial charge on any atom is -0.354 e. The van der Waals surface area contributed by atoms with Crippen LogP contribution in [0.4, 0.5) is 0 Å². The van der Waals surface area contributed by atoms with Gasteiger partial charge in [0.15, 0.2) is 0 Å². The Balaban J connectivity index is 1.35. The van der Waals surface area contributed by atoms with Crippen LogP contribution in [-0.2, 0) is 11.3 Å². The van der Waals surface area contributed by atoms with Crippen LogP contribution in [0.25, 0.3) is 0 Å². The van der Waals surface area contributed by atoms with Crippen LogP contribution < -0.4 is 10.6 Å². The number of thiazole rings is 1. The number of amides is 1. The van der Waals surface area contributed by atoms with Gasteiger partial charge in [0.2, 0.25) is 5.91 Å². The fraction of sp³-hybridized carbons (Fsp3) is 0.750. The molecule has 122 valence electrons. The molecular formula is C16H26N4OS. The van der Waals surface area contributed by atoms with Gasteiger partial charge in [-0.25, -0.2) is 4.98 Å². The summed E-state index contributed by atoms with van der Waals surface area (Å²) in [7, 11) is 0. The number of carbonyl (C=O) groups is 1. The Kier molecular flexibility index (Phi) is 5.44. The Bertz CT molecular complexity index is 490. The zero-order chi connectivity index (χ0) is 15.4. The molecule has 0 saturated carbocycles. The van der Waals surface area contributed by atoms with Crippen molar-refractivity contribution in [3.8, 4) is 0 Å². The van der Waals surface area contributed by atoms with Crippen molar-refractivity contribution in [2.75, 3.05) is 26.2 Å². The van der Waals surface area contributed by atoms with E-state index in [2.05, 4.69) is 32.8 Å². The maximum absolute atomic E-state index is 12.0. The molecule has 2 aliphatic heterocycles. The number of nitrogens with one attached hydrogen (secondary N) is 2. The van der Waals surface area contributed by atoms with Gasteiger partial charge in [-0.1, -0.05) is 0 Å². The van der Waals surface area contributed by atoms with Crippen molar-refractivity contribution >= 4 is 17.2 Å². The van der Waals surface area contributed by atoms with Crippen molar-refractivity contribution in [1.29, 1.82) is 0 Å². The van der Waals surface area contributed by atoms with Crippen LogP contribution in [-0.4, -0.2) is 48.0 Å². The smallest absolute Gasteiger partial charge is 0.237 e. The lowest BCUT2D eigenvalue weighted by Crippen LogP contribution is -2.44. The summed E-state index contributed by atoms with van der Waals surface area (Å²) in [6, 6.07) is 0.0491. The molecule has 1 aromatic rings. The molecule has 22 heavy (non-hydrogen) atoms. The Labute approximate surface area is 136 Å². The molecule has 0 radical (unpaired) electrons. The molecule has 2 N–H and O–H groups in total. The molecule has 0 spiro atoms. The van der Waals surface area contributed by atoms with Crippen LogP contribution in [0.3, 0.4) is 0 Å². The summed E-state index contributed by atoms with van der Waals surface area (Å²) in [5.74, 6) is 0.816. The van der Waals surface area contributed by atoms with Gasteiger partial charge in [-0.3, -0.25) is 9.69 Å². The molecule has 3 rings (SSSR count). The number of likely N-dealkylation sites (tertiary alicyclic amines) is 1. The molecule has 2 fully saturated rings. The summed E-state index contributed by atoms with van der Waals surface area (Å²) in [6.07, 6.45) is 4.44. The summed E-state index contributed by atoms with van der Waals surface area (Å²) >= 11 is 1.73. The minimum absolute atomic E-state index is 0.0491. The van der Waals surface area contributed by atoms with E-state index in [0.29, 0.717) is 5.92 Å². The quantitative estimate of drug-likeness (QED) is 0.863. The van der Waals surface area contributed by atoms with Crippen LogP contribution in [0, 0.1) is 12.8 Å². The highest BCUT2D eigenvalue weighted by molar-refractivity contribution is 7.09. The number of carbonyl (C=O) groups excluding carboxylic acids is 1. The Hall–Kier alpha value is -0.980. The second kappa shape index (κ2) is 7.53. The van der Waals surface area contributed by atoms with Crippen LogP contribution >= 0.6 is 11.3 Å². The maximum atomic E-state index is 12.0. The Morgan fingerprint density at radius 2 is 2.27 bits per heavy atom. The summed E-state index contributed by atoms with van der Waals surface area (Å²) in [5, 5.41) is 9.70. The predicted octanol–water partition coefficient (Wildman–Crippen LogP) is 1.53. The minimum atomic E-state index is 0.0491. The van der Waals surface area contributed by atoms with Crippen molar-refractivity contribution in [2.45, 2.75) is 45.2 Å². The van der Waals surface area contributed by atoms with E-state index in [0.717, 1.165) is 50.6 Å².